The molecular formula is C10H20N2. The molecule has 0 aromatic carbocycles. The Morgan fingerprint density at radius 3 is 2.17 bits per heavy atom. The molecule has 2 saturated heterocycles. The lowest BCUT2D eigenvalue weighted by atomic mass is 9.69. The molecule has 1 unspecified atom stereocenters. The molecule has 0 aromatic heterocycles. The fraction of sp³-hybridized carbons (Fsp3) is 1.00. The van der Waals surface area contributed by atoms with Crippen molar-refractivity contribution in [2.24, 2.45) is 5.73 Å². The van der Waals surface area contributed by atoms with Gasteiger partial charge in [-0.3, -0.25) is 0 Å². The zero-order chi connectivity index (χ0) is 8.82. The first-order valence-electron chi connectivity index (χ1n) is 5.06. The zero-order valence-electron chi connectivity index (χ0n) is 8.19. The summed E-state index contributed by atoms with van der Waals surface area (Å²) in [6.07, 6.45) is 6.28. The summed E-state index contributed by atoms with van der Waals surface area (Å²) in [7, 11) is 0. The molecule has 2 heteroatoms. The minimum atomic E-state index is 0.338. The van der Waals surface area contributed by atoms with E-state index in [1.165, 1.54) is 19.3 Å². The van der Waals surface area contributed by atoms with Crippen LogP contribution >= 0.6 is 0 Å². The van der Waals surface area contributed by atoms with E-state index < -0.39 is 0 Å². The van der Waals surface area contributed by atoms with E-state index in [0.717, 1.165) is 12.8 Å². The van der Waals surface area contributed by atoms with E-state index in [-0.39, 0.29) is 0 Å². The van der Waals surface area contributed by atoms with Crippen molar-refractivity contribution in [3.05, 3.63) is 0 Å². The topological polar surface area (TPSA) is 38.0 Å². The lowest BCUT2D eigenvalue weighted by Gasteiger charge is -2.53. The van der Waals surface area contributed by atoms with E-state index in [1.807, 2.05) is 0 Å². The predicted octanol–water partition coefficient (Wildman–Crippen LogP) is 1.40. The van der Waals surface area contributed by atoms with Gasteiger partial charge < -0.3 is 11.1 Å². The number of nitrogens with two attached hydrogens (primary N) is 1. The second-order valence-electron chi connectivity index (χ2n) is 5.27. The maximum absolute atomic E-state index is 6.06. The summed E-state index contributed by atoms with van der Waals surface area (Å²) in [4.78, 5) is 0. The number of hydrogen-bond donors (Lipinski definition) is 2. The predicted molar refractivity (Wildman–Crippen MR) is 51.0 cm³/mol. The molecule has 2 heterocycles. The summed E-state index contributed by atoms with van der Waals surface area (Å²) < 4.78 is 0. The summed E-state index contributed by atoms with van der Waals surface area (Å²) in [5.74, 6) is 0. The first-order valence-corrected chi connectivity index (χ1v) is 5.06. The van der Waals surface area contributed by atoms with E-state index in [2.05, 4.69) is 19.2 Å². The number of fused-ring (bicyclic) bond motifs is 2. The van der Waals surface area contributed by atoms with Crippen LogP contribution in [0.2, 0.25) is 0 Å². The standard InChI is InChI=1S/C10H20N2/c1-9-4-3-5-10(2,12-9)7-8(11)6-9/h8,12H,3-7,11H2,1-2H3/t8?,9-,10+. The van der Waals surface area contributed by atoms with E-state index in [1.54, 1.807) is 0 Å². The molecule has 3 N–H and O–H groups in total. The summed E-state index contributed by atoms with van der Waals surface area (Å²) in [6.45, 7) is 4.65. The molecule has 0 spiro atoms. The van der Waals surface area contributed by atoms with Crippen LogP contribution in [0.25, 0.3) is 0 Å². The molecule has 2 rings (SSSR count). The molecule has 12 heavy (non-hydrogen) atoms. The second-order valence-corrected chi connectivity index (χ2v) is 5.27. The third-order valence-electron chi connectivity index (χ3n) is 3.49. The SMILES string of the molecule is C[C@]12CCC[C@](C)(CC(N)C1)N2. The van der Waals surface area contributed by atoms with Gasteiger partial charge in [0.15, 0.2) is 0 Å². The van der Waals surface area contributed by atoms with Crippen molar-refractivity contribution in [1.82, 2.24) is 5.32 Å². The number of hydrogen-bond acceptors (Lipinski definition) is 2. The third kappa shape index (κ3) is 1.38. The van der Waals surface area contributed by atoms with Crippen molar-refractivity contribution in [2.75, 3.05) is 0 Å². The van der Waals surface area contributed by atoms with Crippen LogP contribution in [0.4, 0.5) is 0 Å². The van der Waals surface area contributed by atoms with Crippen LogP contribution < -0.4 is 11.1 Å². The molecule has 0 aliphatic carbocycles. The van der Waals surface area contributed by atoms with Crippen molar-refractivity contribution in [1.29, 1.82) is 0 Å². The minimum absolute atomic E-state index is 0.338. The third-order valence-corrected chi connectivity index (χ3v) is 3.49. The Kier molecular flexibility index (Phi) is 1.74. The summed E-state index contributed by atoms with van der Waals surface area (Å²) in [5.41, 5.74) is 6.73. The Morgan fingerprint density at radius 1 is 1.17 bits per heavy atom. The Labute approximate surface area is 74.9 Å². The molecule has 2 nitrogen and oxygen atoms in total. The smallest absolute Gasteiger partial charge is 0.0173 e. The van der Waals surface area contributed by atoms with Gasteiger partial charge in [0.25, 0.3) is 0 Å². The quantitative estimate of drug-likeness (QED) is 0.574. The zero-order valence-corrected chi connectivity index (χ0v) is 8.19. The molecule has 2 aliphatic rings. The van der Waals surface area contributed by atoms with Crippen LogP contribution in [0.3, 0.4) is 0 Å². The second kappa shape index (κ2) is 2.46. The Hall–Kier alpha value is -0.0800. The Balaban J connectivity index is 2.19. The summed E-state index contributed by atoms with van der Waals surface area (Å²) in [5, 5.41) is 3.76. The fourth-order valence-electron chi connectivity index (χ4n) is 3.26. The molecular weight excluding hydrogens is 148 g/mol. The Bertz CT molecular complexity index is 174. The lowest BCUT2D eigenvalue weighted by Crippen LogP contribution is -2.65. The van der Waals surface area contributed by atoms with Gasteiger partial charge in [0, 0.05) is 17.1 Å². The average Bonchev–Trinajstić information content (AvgIpc) is 1.79. The van der Waals surface area contributed by atoms with Crippen molar-refractivity contribution in [2.45, 2.75) is 63.1 Å². The molecule has 0 saturated carbocycles. The molecule has 0 radical (unpaired) electrons. The maximum Gasteiger partial charge on any atom is 0.0173 e. The highest BCUT2D eigenvalue weighted by molar-refractivity contribution is 5.05. The number of nitrogens with one attached hydrogen (secondary N) is 1. The van der Waals surface area contributed by atoms with Crippen molar-refractivity contribution in [3.63, 3.8) is 0 Å². The van der Waals surface area contributed by atoms with Crippen molar-refractivity contribution in [3.8, 4) is 0 Å². The van der Waals surface area contributed by atoms with Gasteiger partial charge in [-0.15, -0.1) is 0 Å². The van der Waals surface area contributed by atoms with Gasteiger partial charge in [-0.05, 0) is 46.0 Å². The minimum Gasteiger partial charge on any atom is -0.328 e. The highest BCUT2D eigenvalue weighted by atomic mass is 15.1. The van der Waals surface area contributed by atoms with Crippen LogP contribution in [-0.4, -0.2) is 17.1 Å². The molecule has 2 aliphatic heterocycles. The largest absolute Gasteiger partial charge is 0.328 e. The van der Waals surface area contributed by atoms with Gasteiger partial charge in [0.1, 0.15) is 0 Å². The van der Waals surface area contributed by atoms with Gasteiger partial charge >= 0.3 is 0 Å². The van der Waals surface area contributed by atoms with E-state index in [0.29, 0.717) is 17.1 Å². The maximum atomic E-state index is 6.06. The fourth-order valence-corrected chi connectivity index (χ4v) is 3.26. The summed E-state index contributed by atoms with van der Waals surface area (Å²) >= 11 is 0. The van der Waals surface area contributed by atoms with Crippen LogP contribution in [-0.2, 0) is 0 Å². The van der Waals surface area contributed by atoms with E-state index in [9.17, 15) is 0 Å². The molecule has 0 aromatic rings. The summed E-state index contributed by atoms with van der Waals surface area (Å²) in [6, 6.07) is 0.418. The monoisotopic (exact) mass is 168 g/mol. The molecule has 70 valence electrons. The highest BCUT2D eigenvalue weighted by Gasteiger charge is 2.44. The van der Waals surface area contributed by atoms with Crippen LogP contribution in [0.5, 0.6) is 0 Å². The molecule has 2 fully saturated rings. The van der Waals surface area contributed by atoms with Crippen molar-refractivity contribution >= 4 is 0 Å². The van der Waals surface area contributed by atoms with Crippen LogP contribution in [0.15, 0.2) is 0 Å². The van der Waals surface area contributed by atoms with Gasteiger partial charge in [-0.25, -0.2) is 0 Å². The first kappa shape index (κ1) is 8.52. The van der Waals surface area contributed by atoms with Crippen molar-refractivity contribution < 1.29 is 0 Å². The number of rotatable bonds is 0. The average molecular weight is 168 g/mol. The first-order chi connectivity index (χ1) is 5.52. The molecule has 2 bridgehead atoms. The van der Waals surface area contributed by atoms with E-state index >= 15 is 0 Å². The van der Waals surface area contributed by atoms with Gasteiger partial charge in [-0.2, -0.15) is 0 Å². The highest BCUT2D eigenvalue weighted by Crippen LogP contribution is 2.38. The van der Waals surface area contributed by atoms with Gasteiger partial charge in [0.2, 0.25) is 0 Å². The normalized spacial score (nSPS) is 53.8. The van der Waals surface area contributed by atoms with Gasteiger partial charge in [-0.1, -0.05) is 0 Å². The lowest BCUT2D eigenvalue weighted by molar-refractivity contribution is 0.0801. The molecule has 0 amide bonds. The van der Waals surface area contributed by atoms with Gasteiger partial charge in [0.05, 0.1) is 0 Å². The Morgan fingerprint density at radius 2 is 1.67 bits per heavy atom. The van der Waals surface area contributed by atoms with Crippen LogP contribution in [0, 0.1) is 0 Å². The van der Waals surface area contributed by atoms with Crippen LogP contribution in [0.1, 0.15) is 46.0 Å². The molecule has 3 atom stereocenters. The number of piperidine rings is 2. The van der Waals surface area contributed by atoms with E-state index in [4.69, 9.17) is 5.73 Å².